The third kappa shape index (κ3) is 5.72. The lowest BCUT2D eigenvalue weighted by Crippen LogP contribution is -2.16. The van der Waals surface area contributed by atoms with Crippen molar-refractivity contribution in [1.29, 1.82) is 5.26 Å². The molecular weight excluding hydrogens is 348 g/mol. The lowest BCUT2D eigenvalue weighted by molar-refractivity contribution is -0.112. The predicted molar refractivity (Wildman–Crippen MR) is 114 cm³/mol. The summed E-state index contributed by atoms with van der Waals surface area (Å²) in [5.74, 6) is 0.655. The maximum atomic E-state index is 12.7. The lowest BCUT2D eigenvalue weighted by atomic mass is 9.98. The van der Waals surface area contributed by atoms with E-state index >= 15 is 0 Å². The Hall–Kier alpha value is -3.06. The van der Waals surface area contributed by atoms with Crippen LogP contribution in [0.5, 0.6) is 5.75 Å². The van der Waals surface area contributed by atoms with Crippen LogP contribution in [0.3, 0.4) is 0 Å². The summed E-state index contributed by atoms with van der Waals surface area (Å²) >= 11 is 0. The molecule has 0 unspecified atom stereocenters. The lowest BCUT2D eigenvalue weighted by Gasteiger charge is -2.16. The molecule has 0 aliphatic rings. The van der Waals surface area contributed by atoms with E-state index in [2.05, 4.69) is 26.1 Å². The molecular formula is C24H28N2O2. The SMILES string of the molecule is CCCCOc1ccc(/C=C(\C#N)C(=O)Nc2c(C)cccc2C(C)C)cc1. The van der Waals surface area contributed by atoms with Crippen molar-refractivity contribution in [2.45, 2.75) is 46.5 Å². The molecule has 4 nitrogen and oxygen atoms in total. The molecule has 0 radical (unpaired) electrons. The summed E-state index contributed by atoms with van der Waals surface area (Å²) in [6.45, 7) is 8.92. The Morgan fingerprint density at radius 2 is 1.93 bits per heavy atom. The second kappa shape index (κ2) is 10.3. The molecule has 0 aliphatic carbocycles. The number of carbonyl (C=O) groups excluding carboxylic acids is 1. The summed E-state index contributed by atoms with van der Waals surface area (Å²) in [5, 5.41) is 12.4. The highest BCUT2D eigenvalue weighted by Crippen LogP contribution is 2.28. The Bertz CT molecular complexity index is 874. The predicted octanol–water partition coefficient (Wildman–Crippen LogP) is 5.84. The molecule has 2 rings (SSSR count). The number of anilines is 1. The van der Waals surface area contributed by atoms with Crippen LogP contribution in [0.2, 0.25) is 0 Å². The minimum absolute atomic E-state index is 0.0672. The highest BCUT2D eigenvalue weighted by Gasteiger charge is 2.15. The van der Waals surface area contributed by atoms with Crippen molar-refractivity contribution in [1.82, 2.24) is 0 Å². The van der Waals surface area contributed by atoms with Gasteiger partial charge < -0.3 is 10.1 Å². The largest absolute Gasteiger partial charge is 0.494 e. The molecule has 0 atom stereocenters. The molecule has 2 aromatic carbocycles. The molecule has 0 aliphatic heterocycles. The molecule has 0 aromatic heterocycles. The Kier molecular flexibility index (Phi) is 7.83. The van der Waals surface area contributed by atoms with E-state index in [0.717, 1.165) is 41.0 Å². The quantitative estimate of drug-likeness (QED) is 0.357. The third-order valence-corrected chi connectivity index (χ3v) is 4.49. The van der Waals surface area contributed by atoms with Crippen LogP contribution in [-0.2, 0) is 4.79 Å². The molecule has 4 heteroatoms. The number of hydrogen-bond donors (Lipinski definition) is 1. The van der Waals surface area contributed by atoms with E-state index in [0.29, 0.717) is 6.61 Å². The molecule has 146 valence electrons. The van der Waals surface area contributed by atoms with Crippen LogP contribution in [0.1, 0.15) is 56.2 Å². The fourth-order valence-electron chi connectivity index (χ4n) is 2.83. The minimum atomic E-state index is -0.401. The first-order valence-electron chi connectivity index (χ1n) is 9.71. The van der Waals surface area contributed by atoms with Crippen LogP contribution >= 0.6 is 0 Å². The molecule has 0 saturated carbocycles. The number of para-hydroxylation sites is 1. The van der Waals surface area contributed by atoms with E-state index in [1.165, 1.54) is 0 Å². The van der Waals surface area contributed by atoms with E-state index in [-0.39, 0.29) is 11.5 Å². The van der Waals surface area contributed by atoms with Gasteiger partial charge in [-0.2, -0.15) is 5.26 Å². The first-order chi connectivity index (χ1) is 13.5. The van der Waals surface area contributed by atoms with Gasteiger partial charge in [0.25, 0.3) is 5.91 Å². The summed E-state index contributed by atoms with van der Waals surface area (Å²) < 4.78 is 5.64. The number of rotatable bonds is 8. The Labute approximate surface area is 167 Å². The maximum absolute atomic E-state index is 12.7. The van der Waals surface area contributed by atoms with Crippen molar-refractivity contribution in [2.75, 3.05) is 11.9 Å². The van der Waals surface area contributed by atoms with Crippen LogP contribution < -0.4 is 10.1 Å². The molecule has 28 heavy (non-hydrogen) atoms. The number of nitrogens with one attached hydrogen (secondary N) is 1. The molecule has 1 amide bonds. The molecule has 0 saturated heterocycles. The highest BCUT2D eigenvalue weighted by molar-refractivity contribution is 6.10. The zero-order valence-corrected chi connectivity index (χ0v) is 17.1. The molecule has 0 spiro atoms. The number of unbranched alkanes of at least 4 members (excludes halogenated alkanes) is 1. The summed E-state index contributed by atoms with van der Waals surface area (Å²) in [6, 6.07) is 15.3. The number of amides is 1. The summed E-state index contributed by atoms with van der Waals surface area (Å²) in [4.78, 5) is 12.7. The van der Waals surface area contributed by atoms with Gasteiger partial charge in [-0.05, 0) is 54.2 Å². The summed E-state index contributed by atoms with van der Waals surface area (Å²) in [5.41, 5.74) is 3.66. The van der Waals surface area contributed by atoms with Crippen molar-refractivity contribution in [3.05, 3.63) is 64.7 Å². The van der Waals surface area contributed by atoms with Gasteiger partial charge in [0, 0.05) is 5.69 Å². The van der Waals surface area contributed by atoms with E-state index in [1.807, 2.05) is 55.5 Å². The smallest absolute Gasteiger partial charge is 0.266 e. The van der Waals surface area contributed by atoms with Crippen molar-refractivity contribution < 1.29 is 9.53 Å². The van der Waals surface area contributed by atoms with E-state index in [4.69, 9.17) is 4.74 Å². The van der Waals surface area contributed by atoms with Gasteiger partial charge in [0.05, 0.1) is 6.61 Å². The fourth-order valence-corrected chi connectivity index (χ4v) is 2.83. The highest BCUT2D eigenvalue weighted by atomic mass is 16.5. The van der Waals surface area contributed by atoms with Gasteiger partial charge in [-0.3, -0.25) is 4.79 Å². The number of carbonyl (C=O) groups is 1. The van der Waals surface area contributed by atoms with Crippen LogP contribution in [0.15, 0.2) is 48.0 Å². The van der Waals surface area contributed by atoms with Gasteiger partial charge in [0.15, 0.2) is 0 Å². The topological polar surface area (TPSA) is 62.1 Å². The molecule has 0 bridgehead atoms. The van der Waals surface area contributed by atoms with E-state index in [1.54, 1.807) is 6.08 Å². The average Bonchev–Trinajstić information content (AvgIpc) is 2.68. The van der Waals surface area contributed by atoms with Gasteiger partial charge in [-0.1, -0.05) is 57.5 Å². The van der Waals surface area contributed by atoms with Gasteiger partial charge >= 0.3 is 0 Å². The summed E-state index contributed by atoms with van der Waals surface area (Å²) in [7, 11) is 0. The Morgan fingerprint density at radius 1 is 1.21 bits per heavy atom. The third-order valence-electron chi connectivity index (χ3n) is 4.49. The summed E-state index contributed by atoms with van der Waals surface area (Å²) in [6.07, 6.45) is 3.69. The van der Waals surface area contributed by atoms with E-state index < -0.39 is 5.91 Å². The van der Waals surface area contributed by atoms with Gasteiger partial charge in [-0.15, -0.1) is 0 Å². The fraction of sp³-hybridized carbons (Fsp3) is 0.333. The first kappa shape index (κ1) is 21.2. The van der Waals surface area contributed by atoms with Crippen LogP contribution in [0, 0.1) is 18.3 Å². The number of hydrogen-bond acceptors (Lipinski definition) is 3. The van der Waals surface area contributed by atoms with Crippen LogP contribution in [0.4, 0.5) is 5.69 Å². The van der Waals surface area contributed by atoms with Crippen molar-refractivity contribution in [3.63, 3.8) is 0 Å². The Morgan fingerprint density at radius 3 is 2.54 bits per heavy atom. The zero-order chi connectivity index (χ0) is 20.5. The van der Waals surface area contributed by atoms with E-state index in [9.17, 15) is 10.1 Å². The average molecular weight is 377 g/mol. The number of ether oxygens (including phenoxy) is 1. The molecule has 0 heterocycles. The number of nitrogens with zero attached hydrogens (tertiary/aromatic N) is 1. The van der Waals surface area contributed by atoms with Crippen molar-refractivity contribution in [3.8, 4) is 11.8 Å². The van der Waals surface area contributed by atoms with Crippen molar-refractivity contribution in [2.24, 2.45) is 0 Å². The maximum Gasteiger partial charge on any atom is 0.266 e. The Balaban J connectivity index is 2.17. The second-order valence-corrected chi connectivity index (χ2v) is 7.09. The van der Waals surface area contributed by atoms with Crippen LogP contribution in [-0.4, -0.2) is 12.5 Å². The standard InChI is InChI=1S/C24H28N2O2/c1-5-6-14-28-21-12-10-19(11-13-21)15-20(16-25)24(27)26-23-18(4)8-7-9-22(23)17(2)3/h7-13,15,17H,5-6,14H2,1-4H3,(H,26,27)/b20-15+. The minimum Gasteiger partial charge on any atom is -0.494 e. The monoisotopic (exact) mass is 376 g/mol. The van der Waals surface area contributed by atoms with Gasteiger partial charge in [-0.25, -0.2) is 0 Å². The second-order valence-electron chi connectivity index (χ2n) is 7.09. The van der Waals surface area contributed by atoms with Crippen LogP contribution in [0.25, 0.3) is 6.08 Å². The van der Waals surface area contributed by atoms with Crippen molar-refractivity contribution >= 4 is 17.7 Å². The van der Waals surface area contributed by atoms with Gasteiger partial charge in [0.1, 0.15) is 17.4 Å². The molecule has 0 fully saturated rings. The molecule has 2 aromatic rings. The number of nitriles is 1. The molecule has 1 N–H and O–H groups in total. The first-order valence-corrected chi connectivity index (χ1v) is 9.71. The number of aryl methyl sites for hydroxylation is 1. The van der Waals surface area contributed by atoms with Gasteiger partial charge in [0.2, 0.25) is 0 Å². The number of benzene rings is 2. The normalized spacial score (nSPS) is 11.2. The zero-order valence-electron chi connectivity index (χ0n) is 17.1.